The molecule has 0 amide bonds. The highest BCUT2D eigenvalue weighted by molar-refractivity contribution is 9.10. The van der Waals surface area contributed by atoms with Crippen LogP contribution < -0.4 is 10.5 Å². The van der Waals surface area contributed by atoms with E-state index in [1.54, 1.807) is 18.2 Å². The van der Waals surface area contributed by atoms with Gasteiger partial charge in [0, 0.05) is 15.1 Å². The molecule has 0 heterocycles. The van der Waals surface area contributed by atoms with E-state index in [1.165, 1.54) is 0 Å². The molecule has 2 nitrogen and oxygen atoms in total. The van der Waals surface area contributed by atoms with Crippen molar-refractivity contribution in [1.82, 2.24) is 0 Å². The number of rotatable bonds is 4. The van der Waals surface area contributed by atoms with E-state index in [0.717, 1.165) is 10.0 Å². The molecule has 0 aliphatic carbocycles. The second kappa shape index (κ2) is 6.76. The SMILES string of the molecule is NC(=S)c1c(Cl)cccc1OCc1ccc(Br)cc1Cl. The third-order valence-electron chi connectivity index (χ3n) is 2.62. The van der Waals surface area contributed by atoms with Gasteiger partial charge in [-0.3, -0.25) is 0 Å². The van der Waals surface area contributed by atoms with Crippen molar-refractivity contribution in [3.8, 4) is 5.75 Å². The number of thiocarbonyl (C=S) groups is 1. The van der Waals surface area contributed by atoms with Gasteiger partial charge in [0.1, 0.15) is 17.3 Å². The third-order valence-corrected chi connectivity index (χ3v) is 3.98. The van der Waals surface area contributed by atoms with E-state index >= 15 is 0 Å². The molecule has 0 saturated carbocycles. The molecule has 2 aromatic carbocycles. The van der Waals surface area contributed by atoms with Crippen LogP contribution in [0, 0.1) is 0 Å². The van der Waals surface area contributed by atoms with Crippen LogP contribution in [0.1, 0.15) is 11.1 Å². The van der Waals surface area contributed by atoms with Gasteiger partial charge in [-0.25, -0.2) is 0 Å². The Morgan fingerprint density at radius 2 is 1.95 bits per heavy atom. The highest BCUT2D eigenvalue weighted by atomic mass is 79.9. The second-order valence-corrected chi connectivity index (χ2v) is 6.17. The minimum Gasteiger partial charge on any atom is -0.488 e. The summed E-state index contributed by atoms with van der Waals surface area (Å²) in [7, 11) is 0. The fourth-order valence-electron chi connectivity index (χ4n) is 1.66. The van der Waals surface area contributed by atoms with Crippen LogP contribution in [-0.2, 0) is 6.61 Å². The van der Waals surface area contributed by atoms with Crippen molar-refractivity contribution in [1.29, 1.82) is 0 Å². The van der Waals surface area contributed by atoms with E-state index in [0.29, 0.717) is 28.0 Å². The minimum absolute atomic E-state index is 0.201. The Morgan fingerprint density at radius 3 is 2.60 bits per heavy atom. The van der Waals surface area contributed by atoms with E-state index in [1.807, 2.05) is 18.2 Å². The lowest BCUT2D eigenvalue weighted by Crippen LogP contribution is -2.12. The lowest BCUT2D eigenvalue weighted by Gasteiger charge is -2.12. The summed E-state index contributed by atoms with van der Waals surface area (Å²) in [5.74, 6) is 0.545. The first-order chi connectivity index (χ1) is 9.49. The van der Waals surface area contributed by atoms with Gasteiger partial charge in [-0.2, -0.15) is 0 Å². The maximum absolute atomic E-state index is 6.14. The Bertz CT molecular complexity index is 664. The predicted molar refractivity (Wildman–Crippen MR) is 90.8 cm³/mol. The van der Waals surface area contributed by atoms with Crippen molar-refractivity contribution < 1.29 is 4.74 Å². The van der Waals surface area contributed by atoms with Crippen LogP contribution in [0.2, 0.25) is 10.0 Å². The van der Waals surface area contributed by atoms with Crippen LogP contribution in [0.5, 0.6) is 5.75 Å². The monoisotopic (exact) mass is 389 g/mol. The van der Waals surface area contributed by atoms with Gasteiger partial charge in [0.15, 0.2) is 0 Å². The van der Waals surface area contributed by atoms with Crippen LogP contribution >= 0.6 is 51.3 Å². The molecule has 0 aromatic heterocycles. The normalized spacial score (nSPS) is 10.3. The summed E-state index contributed by atoms with van der Waals surface area (Å²) in [6, 6.07) is 10.9. The van der Waals surface area contributed by atoms with E-state index in [4.69, 9.17) is 45.9 Å². The van der Waals surface area contributed by atoms with Crippen molar-refractivity contribution in [2.24, 2.45) is 5.73 Å². The summed E-state index contributed by atoms with van der Waals surface area (Å²) in [6.45, 7) is 0.308. The van der Waals surface area contributed by atoms with Crippen molar-refractivity contribution in [3.05, 3.63) is 62.0 Å². The highest BCUT2D eigenvalue weighted by Crippen LogP contribution is 2.28. The quantitative estimate of drug-likeness (QED) is 0.748. The molecule has 0 saturated heterocycles. The second-order valence-electron chi connectivity index (χ2n) is 4.00. The Balaban J connectivity index is 2.23. The van der Waals surface area contributed by atoms with Crippen molar-refractivity contribution in [2.45, 2.75) is 6.61 Å². The summed E-state index contributed by atoms with van der Waals surface area (Å²) in [5.41, 5.74) is 7.07. The zero-order valence-electron chi connectivity index (χ0n) is 10.2. The Hall–Kier alpha value is -0.810. The Morgan fingerprint density at radius 1 is 1.20 bits per heavy atom. The molecule has 2 rings (SSSR count). The summed E-state index contributed by atoms with van der Waals surface area (Å²) < 4.78 is 6.65. The molecule has 6 heteroatoms. The molecule has 0 aliphatic rings. The van der Waals surface area contributed by atoms with Gasteiger partial charge >= 0.3 is 0 Å². The van der Waals surface area contributed by atoms with Gasteiger partial charge in [-0.1, -0.05) is 63.5 Å². The summed E-state index contributed by atoms with van der Waals surface area (Å²) in [5, 5.41) is 1.09. The first-order valence-corrected chi connectivity index (χ1v) is 7.60. The summed E-state index contributed by atoms with van der Waals surface area (Å²) >= 11 is 20.6. The first kappa shape index (κ1) is 15.6. The molecule has 0 aliphatic heterocycles. The number of hydrogen-bond donors (Lipinski definition) is 1. The molecule has 2 N–H and O–H groups in total. The number of hydrogen-bond acceptors (Lipinski definition) is 2. The fraction of sp³-hybridized carbons (Fsp3) is 0.0714. The van der Waals surface area contributed by atoms with Crippen LogP contribution in [0.15, 0.2) is 40.9 Å². The van der Waals surface area contributed by atoms with Crippen molar-refractivity contribution >= 4 is 56.3 Å². The van der Waals surface area contributed by atoms with Crippen molar-refractivity contribution in [2.75, 3.05) is 0 Å². The molecule has 0 bridgehead atoms. The lowest BCUT2D eigenvalue weighted by molar-refractivity contribution is 0.306. The van der Waals surface area contributed by atoms with Crippen LogP contribution in [0.3, 0.4) is 0 Å². The molecule has 0 radical (unpaired) electrons. The molecule has 20 heavy (non-hydrogen) atoms. The standard InChI is InChI=1S/C14H10BrCl2NOS/c15-9-5-4-8(11(17)6-9)7-19-12-3-1-2-10(16)13(12)14(18)20/h1-6H,7H2,(H2,18,20). The molecule has 0 atom stereocenters. The molecule has 0 fully saturated rings. The lowest BCUT2D eigenvalue weighted by atomic mass is 10.2. The van der Waals surface area contributed by atoms with E-state index < -0.39 is 0 Å². The van der Waals surface area contributed by atoms with Gasteiger partial charge in [-0.05, 0) is 24.3 Å². The van der Waals surface area contributed by atoms with Gasteiger partial charge < -0.3 is 10.5 Å². The first-order valence-electron chi connectivity index (χ1n) is 5.64. The molecule has 0 spiro atoms. The smallest absolute Gasteiger partial charge is 0.131 e. The average molecular weight is 391 g/mol. The maximum atomic E-state index is 6.14. The van der Waals surface area contributed by atoms with Gasteiger partial charge in [0.2, 0.25) is 0 Å². The topological polar surface area (TPSA) is 35.2 Å². The van der Waals surface area contributed by atoms with Crippen LogP contribution in [0.4, 0.5) is 0 Å². The van der Waals surface area contributed by atoms with E-state index in [9.17, 15) is 0 Å². The van der Waals surface area contributed by atoms with E-state index in [-0.39, 0.29) is 4.99 Å². The Labute approximate surface area is 141 Å². The van der Waals surface area contributed by atoms with Crippen LogP contribution in [0.25, 0.3) is 0 Å². The van der Waals surface area contributed by atoms with E-state index in [2.05, 4.69) is 15.9 Å². The molecule has 2 aromatic rings. The fourth-order valence-corrected chi connectivity index (χ4v) is 2.92. The Kier molecular flexibility index (Phi) is 5.27. The number of ether oxygens (including phenoxy) is 1. The molecular formula is C14H10BrCl2NOS. The maximum Gasteiger partial charge on any atom is 0.131 e. The highest BCUT2D eigenvalue weighted by Gasteiger charge is 2.11. The van der Waals surface area contributed by atoms with Gasteiger partial charge in [-0.15, -0.1) is 0 Å². The molecule has 104 valence electrons. The molecule has 0 unspecified atom stereocenters. The number of nitrogens with two attached hydrogens (primary N) is 1. The number of benzene rings is 2. The average Bonchev–Trinajstić information content (AvgIpc) is 2.37. The summed E-state index contributed by atoms with van der Waals surface area (Å²) in [6.07, 6.45) is 0. The number of halogens is 3. The minimum atomic E-state index is 0.201. The van der Waals surface area contributed by atoms with Gasteiger partial charge in [0.05, 0.1) is 10.6 Å². The van der Waals surface area contributed by atoms with Crippen LogP contribution in [-0.4, -0.2) is 4.99 Å². The zero-order chi connectivity index (χ0) is 14.7. The third kappa shape index (κ3) is 3.64. The summed E-state index contributed by atoms with van der Waals surface area (Å²) in [4.78, 5) is 0.201. The van der Waals surface area contributed by atoms with Gasteiger partial charge in [0.25, 0.3) is 0 Å². The van der Waals surface area contributed by atoms with Crippen molar-refractivity contribution in [3.63, 3.8) is 0 Å². The zero-order valence-corrected chi connectivity index (χ0v) is 14.1. The largest absolute Gasteiger partial charge is 0.488 e. The predicted octanol–water partition coefficient (Wildman–Crippen LogP) is 4.97. The molecular weight excluding hydrogens is 381 g/mol.